The predicted molar refractivity (Wildman–Crippen MR) is 114 cm³/mol. The molecule has 0 amide bonds. The molecular formula is C22H21FN6O. The number of benzene rings is 1. The molecule has 0 aliphatic carbocycles. The number of aromatic nitrogens is 4. The minimum atomic E-state index is -0.383. The van der Waals surface area contributed by atoms with Gasteiger partial charge in [0.2, 0.25) is 5.75 Å². The van der Waals surface area contributed by atoms with Crippen molar-refractivity contribution in [2.24, 2.45) is 0 Å². The number of aryl methyl sites for hydroxylation is 1. The monoisotopic (exact) mass is 404 g/mol. The molecule has 3 N–H and O–H groups in total. The van der Waals surface area contributed by atoms with E-state index >= 15 is 0 Å². The largest absolute Gasteiger partial charge is 0.485 e. The first-order valence-corrected chi connectivity index (χ1v) is 9.89. The zero-order valence-corrected chi connectivity index (χ0v) is 16.5. The Kier molecular flexibility index (Phi) is 4.66. The molecule has 1 aliphatic rings. The Bertz CT molecular complexity index is 1220. The number of nitrogens with one attached hydrogen (secondary N) is 3. The third-order valence-corrected chi connectivity index (χ3v) is 5.15. The zero-order valence-electron chi connectivity index (χ0n) is 16.5. The average Bonchev–Trinajstić information content (AvgIpc) is 3.18. The fraction of sp³-hybridized carbons (Fsp3) is 0.227. The van der Waals surface area contributed by atoms with Crippen LogP contribution in [0.3, 0.4) is 0 Å². The Hall–Kier alpha value is -3.68. The Morgan fingerprint density at radius 2 is 2.13 bits per heavy atom. The van der Waals surface area contributed by atoms with E-state index in [1.807, 2.05) is 18.3 Å². The highest BCUT2D eigenvalue weighted by molar-refractivity contribution is 5.83. The van der Waals surface area contributed by atoms with Gasteiger partial charge in [-0.3, -0.25) is 4.98 Å². The molecule has 0 unspecified atom stereocenters. The summed E-state index contributed by atoms with van der Waals surface area (Å²) in [6.07, 6.45) is 4.43. The van der Waals surface area contributed by atoms with Crippen molar-refractivity contribution in [3.63, 3.8) is 0 Å². The molecule has 0 saturated heterocycles. The Labute approximate surface area is 172 Å². The van der Waals surface area contributed by atoms with E-state index in [2.05, 4.69) is 42.7 Å². The van der Waals surface area contributed by atoms with Gasteiger partial charge in [0.05, 0.1) is 12.2 Å². The van der Waals surface area contributed by atoms with Crippen molar-refractivity contribution in [2.45, 2.75) is 13.3 Å². The summed E-state index contributed by atoms with van der Waals surface area (Å²) in [5.41, 5.74) is 3.21. The molecule has 1 aliphatic heterocycles. The second-order valence-corrected chi connectivity index (χ2v) is 7.18. The topological polar surface area (TPSA) is 87.8 Å². The second kappa shape index (κ2) is 7.62. The van der Waals surface area contributed by atoms with Gasteiger partial charge in [0.15, 0.2) is 17.5 Å². The summed E-state index contributed by atoms with van der Waals surface area (Å²) in [4.78, 5) is 16.5. The van der Waals surface area contributed by atoms with Crippen LogP contribution in [0, 0.1) is 12.7 Å². The quantitative estimate of drug-likeness (QED) is 0.467. The van der Waals surface area contributed by atoms with E-state index in [9.17, 15) is 4.39 Å². The Balaban J connectivity index is 1.42. The number of ether oxygens (including phenoxy) is 1. The second-order valence-electron chi connectivity index (χ2n) is 7.18. The van der Waals surface area contributed by atoms with Gasteiger partial charge in [-0.15, -0.1) is 0 Å². The highest BCUT2D eigenvalue weighted by Gasteiger charge is 2.20. The smallest absolute Gasteiger partial charge is 0.204 e. The van der Waals surface area contributed by atoms with Crippen molar-refractivity contribution in [1.82, 2.24) is 19.9 Å². The molecule has 0 atom stereocenters. The molecule has 5 rings (SSSR count). The molecule has 30 heavy (non-hydrogen) atoms. The van der Waals surface area contributed by atoms with Crippen LogP contribution in [0.15, 0.2) is 42.7 Å². The van der Waals surface area contributed by atoms with Crippen LogP contribution in [0.2, 0.25) is 0 Å². The highest BCUT2D eigenvalue weighted by Crippen LogP contribution is 2.35. The Morgan fingerprint density at radius 3 is 3.03 bits per heavy atom. The minimum Gasteiger partial charge on any atom is -0.485 e. The number of fused-ring (bicyclic) bond motifs is 2. The zero-order chi connectivity index (χ0) is 20.5. The summed E-state index contributed by atoms with van der Waals surface area (Å²) in [7, 11) is 0. The highest BCUT2D eigenvalue weighted by atomic mass is 19.1. The first kappa shape index (κ1) is 18.4. The van der Waals surface area contributed by atoms with Crippen molar-refractivity contribution in [3.05, 3.63) is 59.8 Å². The molecule has 7 nitrogen and oxygen atoms in total. The van der Waals surface area contributed by atoms with Crippen LogP contribution in [-0.2, 0) is 6.42 Å². The number of nitrogens with zero attached hydrogens (tertiary/aromatic N) is 3. The van der Waals surface area contributed by atoms with E-state index in [1.165, 1.54) is 17.0 Å². The maximum atomic E-state index is 14.0. The lowest BCUT2D eigenvalue weighted by Crippen LogP contribution is -2.21. The molecule has 0 radical (unpaired) electrons. The molecule has 0 saturated carbocycles. The van der Waals surface area contributed by atoms with Crippen molar-refractivity contribution in [1.29, 1.82) is 0 Å². The van der Waals surface area contributed by atoms with Crippen molar-refractivity contribution in [2.75, 3.05) is 30.3 Å². The van der Waals surface area contributed by atoms with Gasteiger partial charge >= 0.3 is 0 Å². The van der Waals surface area contributed by atoms with Crippen LogP contribution in [0.25, 0.3) is 22.3 Å². The van der Waals surface area contributed by atoms with Gasteiger partial charge in [-0.25, -0.2) is 14.4 Å². The number of halogens is 1. The normalized spacial score (nSPS) is 12.9. The molecular weight excluding hydrogens is 383 g/mol. The summed E-state index contributed by atoms with van der Waals surface area (Å²) in [6.45, 7) is 3.47. The van der Waals surface area contributed by atoms with Crippen molar-refractivity contribution in [3.8, 4) is 17.1 Å². The van der Waals surface area contributed by atoms with E-state index in [-0.39, 0.29) is 5.82 Å². The van der Waals surface area contributed by atoms with E-state index in [4.69, 9.17) is 4.74 Å². The molecule has 0 spiro atoms. The number of H-pyrrole nitrogens is 1. The lowest BCUT2D eigenvalue weighted by molar-refractivity contribution is 0.321. The van der Waals surface area contributed by atoms with Crippen LogP contribution >= 0.6 is 0 Å². The van der Waals surface area contributed by atoms with Crippen LogP contribution in [0.1, 0.15) is 11.3 Å². The number of rotatable bonds is 5. The molecule has 4 aromatic rings. The third kappa shape index (κ3) is 3.41. The maximum absolute atomic E-state index is 14.0. The number of hydrogen-bond acceptors (Lipinski definition) is 6. The van der Waals surface area contributed by atoms with Gasteiger partial charge in [0.1, 0.15) is 12.4 Å². The fourth-order valence-corrected chi connectivity index (χ4v) is 3.56. The molecule has 0 bridgehead atoms. The summed E-state index contributed by atoms with van der Waals surface area (Å²) >= 11 is 0. The van der Waals surface area contributed by atoms with Crippen LogP contribution in [-0.4, -0.2) is 39.6 Å². The Morgan fingerprint density at radius 1 is 1.23 bits per heavy atom. The standard InChI is InChI=1S/C22H21FN6O/c1-13-17(23)10-15(12-26-13)20-28-21(19-22(29-20)25-8-9-30-19)24-7-6-14-11-27-18-5-3-2-4-16(14)18/h2-5,10-12,27H,6-9H2,1H3,(H2,24,25,28,29). The average molecular weight is 404 g/mol. The van der Waals surface area contributed by atoms with E-state index in [1.54, 1.807) is 13.1 Å². The molecule has 4 heterocycles. The van der Waals surface area contributed by atoms with Crippen molar-refractivity contribution >= 4 is 22.5 Å². The molecule has 3 aromatic heterocycles. The van der Waals surface area contributed by atoms with Gasteiger partial charge in [-0.1, -0.05) is 18.2 Å². The van der Waals surface area contributed by atoms with E-state index in [0.29, 0.717) is 54.2 Å². The maximum Gasteiger partial charge on any atom is 0.204 e. The van der Waals surface area contributed by atoms with Gasteiger partial charge in [-0.05, 0) is 31.0 Å². The minimum absolute atomic E-state index is 0.343. The van der Waals surface area contributed by atoms with E-state index in [0.717, 1.165) is 11.9 Å². The SMILES string of the molecule is Cc1ncc(-c2nc3c(c(NCCc4c[nH]c5ccccc45)n2)OCCN3)cc1F. The summed E-state index contributed by atoms with van der Waals surface area (Å²) < 4.78 is 19.8. The van der Waals surface area contributed by atoms with Crippen molar-refractivity contribution < 1.29 is 9.13 Å². The van der Waals surface area contributed by atoms with Gasteiger partial charge < -0.3 is 20.4 Å². The molecule has 152 valence electrons. The number of hydrogen-bond donors (Lipinski definition) is 3. The van der Waals surface area contributed by atoms with Crippen LogP contribution < -0.4 is 15.4 Å². The summed E-state index contributed by atoms with van der Waals surface area (Å²) in [5, 5.41) is 7.81. The predicted octanol–water partition coefficient (Wildman–Crippen LogP) is 3.93. The van der Waals surface area contributed by atoms with Gasteiger partial charge in [0.25, 0.3) is 0 Å². The number of aromatic amines is 1. The third-order valence-electron chi connectivity index (χ3n) is 5.15. The lowest BCUT2D eigenvalue weighted by Gasteiger charge is -2.21. The van der Waals surface area contributed by atoms with E-state index < -0.39 is 0 Å². The summed E-state index contributed by atoms with van der Waals surface area (Å²) in [6, 6.07) is 9.63. The van der Waals surface area contributed by atoms with Crippen LogP contribution in [0.5, 0.6) is 5.75 Å². The summed E-state index contributed by atoms with van der Waals surface area (Å²) in [5.74, 6) is 1.79. The van der Waals surface area contributed by atoms with Gasteiger partial charge in [0, 0.05) is 35.4 Å². The molecule has 8 heteroatoms. The molecule has 0 fully saturated rings. The first-order chi connectivity index (χ1) is 14.7. The lowest BCUT2D eigenvalue weighted by atomic mass is 10.1. The molecule has 1 aromatic carbocycles. The van der Waals surface area contributed by atoms with Gasteiger partial charge in [-0.2, -0.15) is 0 Å². The number of para-hydroxylation sites is 1. The van der Waals surface area contributed by atoms with Crippen LogP contribution in [0.4, 0.5) is 16.0 Å². The fourth-order valence-electron chi connectivity index (χ4n) is 3.56. The number of anilines is 2. The number of pyridine rings is 1. The first-order valence-electron chi connectivity index (χ1n) is 9.89.